The number of aromatic nitrogens is 2. The Labute approximate surface area is 181 Å². The zero-order chi connectivity index (χ0) is 21.5. The minimum atomic E-state index is -4.48. The summed E-state index contributed by atoms with van der Waals surface area (Å²) in [5.41, 5.74) is 0.189. The highest BCUT2D eigenvalue weighted by atomic mass is 35.5. The lowest BCUT2D eigenvalue weighted by Gasteiger charge is -2.32. The molecule has 30 heavy (non-hydrogen) atoms. The lowest BCUT2D eigenvalue weighted by molar-refractivity contribution is -0.137. The molecule has 0 saturated carbocycles. The van der Waals surface area contributed by atoms with Gasteiger partial charge in [0.1, 0.15) is 5.82 Å². The van der Waals surface area contributed by atoms with E-state index in [1.54, 1.807) is 0 Å². The number of nitrogens with one attached hydrogen (secondary N) is 1. The first-order valence-corrected chi connectivity index (χ1v) is 10.9. The second-order valence-electron chi connectivity index (χ2n) is 7.65. The topological polar surface area (TPSA) is 61.4 Å². The van der Waals surface area contributed by atoms with Crippen LogP contribution >= 0.6 is 22.9 Å². The zero-order valence-electron chi connectivity index (χ0n) is 16.3. The van der Waals surface area contributed by atoms with Gasteiger partial charge in [-0.1, -0.05) is 11.6 Å². The molecule has 0 radical (unpaired) electrons. The summed E-state index contributed by atoms with van der Waals surface area (Å²) >= 11 is 7.56. The zero-order valence-corrected chi connectivity index (χ0v) is 17.9. The van der Waals surface area contributed by atoms with E-state index in [1.807, 2.05) is 4.90 Å². The van der Waals surface area contributed by atoms with Crippen molar-refractivity contribution in [3.63, 3.8) is 0 Å². The van der Waals surface area contributed by atoms with E-state index in [-0.39, 0.29) is 16.8 Å². The van der Waals surface area contributed by atoms with E-state index >= 15 is 0 Å². The number of hydrogen-bond acceptors (Lipinski definition) is 6. The van der Waals surface area contributed by atoms with Crippen LogP contribution in [0.5, 0.6) is 0 Å². The van der Waals surface area contributed by atoms with Crippen molar-refractivity contribution in [3.8, 4) is 0 Å². The number of pyridine rings is 1. The first-order chi connectivity index (χ1) is 14.2. The van der Waals surface area contributed by atoms with Gasteiger partial charge in [0.25, 0.3) is 0 Å². The number of nitrogens with zero attached hydrogens (tertiary/aromatic N) is 4. The highest BCUT2D eigenvalue weighted by Gasteiger charge is 2.33. The monoisotopic (exact) mass is 459 g/mol. The maximum atomic E-state index is 12.8. The fraction of sp³-hybridized carbons (Fsp3) is 0.526. The third-order valence-electron chi connectivity index (χ3n) is 5.47. The van der Waals surface area contributed by atoms with Gasteiger partial charge in [-0.15, -0.1) is 11.3 Å². The number of rotatable bonds is 3. The fourth-order valence-corrected chi connectivity index (χ4v) is 5.13. The Morgan fingerprint density at radius 3 is 2.70 bits per heavy atom. The molecule has 0 spiro atoms. The molecule has 2 aromatic rings. The van der Waals surface area contributed by atoms with Crippen LogP contribution in [0.15, 0.2) is 12.3 Å². The Kier molecular flexibility index (Phi) is 5.91. The molecule has 1 amide bonds. The van der Waals surface area contributed by atoms with Crippen LogP contribution in [-0.2, 0) is 23.9 Å². The van der Waals surface area contributed by atoms with Crippen LogP contribution in [0, 0.1) is 5.92 Å². The van der Waals surface area contributed by atoms with E-state index in [9.17, 15) is 18.0 Å². The van der Waals surface area contributed by atoms with Gasteiger partial charge in [-0.25, -0.2) is 9.97 Å². The van der Waals surface area contributed by atoms with Crippen molar-refractivity contribution in [2.24, 2.45) is 5.92 Å². The van der Waals surface area contributed by atoms with E-state index in [0.29, 0.717) is 36.9 Å². The third kappa shape index (κ3) is 4.55. The molecule has 162 valence electrons. The molecular weight excluding hydrogens is 439 g/mol. The molecule has 0 atom stereocenters. The van der Waals surface area contributed by atoms with Crippen molar-refractivity contribution in [3.05, 3.63) is 33.4 Å². The van der Waals surface area contributed by atoms with Gasteiger partial charge in [0.2, 0.25) is 5.91 Å². The van der Waals surface area contributed by atoms with Gasteiger partial charge in [0.15, 0.2) is 5.13 Å². The maximum Gasteiger partial charge on any atom is 0.417 e. The lowest BCUT2D eigenvalue weighted by atomic mass is 9.96. The third-order valence-corrected chi connectivity index (χ3v) is 6.74. The SMILES string of the molecule is CN1CCc2nc(NC(=O)C3CCN(c4ncc(C(F)(F)F)cc4Cl)CC3)sc2C1. The summed E-state index contributed by atoms with van der Waals surface area (Å²) in [5, 5.41) is 3.54. The summed E-state index contributed by atoms with van der Waals surface area (Å²) in [6.07, 6.45) is -1.67. The van der Waals surface area contributed by atoms with Crippen molar-refractivity contribution in [2.75, 3.05) is 36.9 Å². The fourth-order valence-electron chi connectivity index (χ4n) is 3.76. The molecule has 4 rings (SSSR count). The Morgan fingerprint density at radius 2 is 2.03 bits per heavy atom. The number of alkyl halides is 3. The number of fused-ring (bicyclic) bond motifs is 1. The van der Waals surface area contributed by atoms with Crippen LogP contribution in [0.25, 0.3) is 0 Å². The Morgan fingerprint density at radius 1 is 1.30 bits per heavy atom. The molecule has 6 nitrogen and oxygen atoms in total. The molecule has 0 aromatic carbocycles. The number of amides is 1. The van der Waals surface area contributed by atoms with Crippen LogP contribution < -0.4 is 10.2 Å². The number of anilines is 2. The normalized spacial score (nSPS) is 18.4. The van der Waals surface area contributed by atoms with Crippen LogP contribution in [0.3, 0.4) is 0 Å². The summed E-state index contributed by atoms with van der Waals surface area (Å²) in [7, 11) is 2.06. The number of hydrogen-bond donors (Lipinski definition) is 1. The second-order valence-corrected chi connectivity index (χ2v) is 9.15. The first kappa shape index (κ1) is 21.3. The molecule has 1 saturated heterocycles. The maximum absolute atomic E-state index is 12.8. The van der Waals surface area contributed by atoms with Crippen LogP contribution in [0.1, 0.15) is 29.0 Å². The number of halogens is 4. The molecule has 2 aliphatic heterocycles. The molecule has 0 unspecified atom stereocenters. The van der Waals surface area contributed by atoms with Crippen LogP contribution in [0.4, 0.5) is 24.1 Å². The van der Waals surface area contributed by atoms with E-state index in [1.165, 1.54) is 16.2 Å². The average molecular weight is 460 g/mol. The van der Waals surface area contributed by atoms with Gasteiger partial charge in [-0.05, 0) is 26.0 Å². The number of piperidine rings is 1. The largest absolute Gasteiger partial charge is 0.417 e. The Balaban J connectivity index is 1.35. The van der Waals surface area contributed by atoms with Crippen molar-refractivity contribution in [1.29, 1.82) is 0 Å². The second kappa shape index (κ2) is 8.32. The molecule has 0 bridgehead atoms. The van der Waals surface area contributed by atoms with Crippen LogP contribution in [0.2, 0.25) is 5.02 Å². The summed E-state index contributed by atoms with van der Waals surface area (Å²) in [6.45, 7) is 2.80. The first-order valence-electron chi connectivity index (χ1n) is 9.66. The van der Waals surface area contributed by atoms with E-state index < -0.39 is 11.7 Å². The van der Waals surface area contributed by atoms with Crippen molar-refractivity contribution < 1.29 is 18.0 Å². The standard InChI is InChI=1S/C19H21ClF3N5OS/c1-27-5-4-14-15(10-27)30-18(25-14)26-17(29)11-2-6-28(7-3-11)16-13(20)8-12(9-24-16)19(21,22)23/h8-9,11H,2-7,10H2,1H3,(H,25,26,29). The van der Waals surface area contributed by atoms with Crippen molar-refractivity contribution >= 4 is 39.8 Å². The summed E-state index contributed by atoms with van der Waals surface area (Å²) in [5.74, 6) is 0.0684. The highest BCUT2D eigenvalue weighted by molar-refractivity contribution is 7.15. The van der Waals surface area contributed by atoms with Gasteiger partial charge in [0, 0.05) is 49.6 Å². The number of carbonyl (C=O) groups excluding carboxylic acids is 1. The van der Waals surface area contributed by atoms with Gasteiger partial charge in [-0.2, -0.15) is 13.2 Å². The van der Waals surface area contributed by atoms with Crippen LogP contribution in [-0.4, -0.2) is 47.5 Å². The minimum absolute atomic E-state index is 0.0361. The van der Waals surface area contributed by atoms with Gasteiger partial charge < -0.3 is 15.1 Å². The molecule has 2 aliphatic rings. The van der Waals surface area contributed by atoms with E-state index in [2.05, 4.69) is 27.2 Å². The summed E-state index contributed by atoms with van der Waals surface area (Å²) in [4.78, 5) is 26.4. The van der Waals surface area contributed by atoms with Gasteiger partial charge >= 0.3 is 6.18 Å². The lowest BCUT2D eigenvalue weighted by Crippen LogP contribution is -2.38. The van der Waals surface area contributed by atoms with Crippen molar-refractivity contribution in [1.82, 2.24) is 14.9 Å². The smallest absolute Gasteiger partial charge is 0.355 e. The number of thiazole rings is 1. The molecule has 1 N–H and O–H groups in total. The highest BCUT2D eigenvalue weighted by Crippen LogP contribution is 2.35. The molecule has 1 fully saturated rings. The van der Waals surface area contributed by atoms with Gasteiger partial charge in [0.05, 0.1) is 16.3 Å². The Bertz CT molecular complexity index is 943. The average Bonchev–Trinajstić information content (AvgIpc) is 3.08. The molecule has 2 aromatic heterocycles. The molecule has 4 heterocycles. The van der Waals surface area contributed by atoms with E-state index in [0.717, 1.165) is 37.5 Å². The Hall–Kier alpha value is -1.91. The van der Waals surface area contributed by atoms with Crippen molar-refractivity contribution in [2.45, 2.75) is 32.0 Å². The minimum Gasteiger partial charge on any atom is -0.355 e. The predicted molar refractivity (Wildman–Crippen MR) is 110 cm³/mol. The van der Waals surface area contributed by atoms with Gasteiger partial charge in [-0.3, -0.25) is 4.79 Å². The van der Waals surface area contributed by atoms with E-state index in [4.69, 9.17) is 11.6 Å². The molecule has 0 aliphatic carbocycles. The number of carbonyl (C=O) groups is 1. The number of likely N-dealkylation sites (N-methyl/N-ethyl adjacent to an activating group) is 1. The molecule has 11 heteroatoms. The quantitative estimate of drug-likeness (QED) is 0.750. The predicted octanol–water partition coefficient (Wildman–Crippen LogP) is 4.05. The molecular formula is C19H21ClF3N5OS. The summed E-state index contributed by atoms with van der Waals surface area (Å²) in [6, 6.07) is 0.893. The summed E-state index contributed by atoms with van der Waals surface area (Å²) < 4.78 is 38.4.